The van der Waals surface area contributed by atoms with E-state index in [1.165, 1.54) is 12.1 Å². The van der Waals surface area contributed by atoms with Crippen molar-refractivity contribution in [3.8, 4) is 6.07 Å². The third-order valence-corrected chi connectivity index (χ3v) is 2.79. The lowest BCUT2D eigenvalue weighted by atomic mass is 10.0. The number of rotatable bonds is 5. The second-order valence-corrected chi connectivity index (χ2v) is 4.83. The number of alkyl halides is 3. The van der Waals surface area contributed by atoms with E-state index in [0.717, 1.165) is 6.07 Å². The van der Waals surface area contributed by atoms with Gasteiger partial charge in [-0.05, 0) is 24.1 Å². The molecule has 118 valence electrons. The van der Waals surface area contributed by atoms with Gasteiger partial charge in [-0.25, -0.2) is 0 Å². The summed E-state index contributed by atoms with van der Waals surface area (Å²) in [7, 11) is 0. The van der Waals surface area contributed by atoms with Crippen LogP contribution in [0.3, 0.4) is 0 Å². The predicted molar refractivity (Wildman–Crippen MR) is 70.8 cm³/mol. The number of carbonyl (C=O) groups excluding carboxylic acids is 1. The summed E-state index contributed by atoms with van der Waals surface area (Å²) in [5, 5.41) is 19.5. The number of aliphatic carboxylic acids is 1. The van der Waals surface area contributed by atoms with Crippen LogP contribution in [-0.2, 0) is 15.8 Å². The maximum Gasteiger partial charge on any atom is 0.417 e. The Kier molecular flexibility index (Phi) is 5.51. The monoisotopic (exact) mass is 314 g/mol. The Morgan fingerprint density at radius 1 is 1.36 bits per heavy atom. The van der Waals surface area contributed by atoms with Crippen LogP contribution >= 0.6 is 0 Å². The number of carboxylic acids is 1. The zero-order valence-corrected chi connectivity index (χ0v) is 11.6. The molecule has 1 aromatic carbocycles. The minimum atomic E-state index is -4.71. The van der Waals surface area contributed by atoms with Crippen LogP contribution in [0.15, 0.2) is 18.2 Å². The molecule has 0 spiro atoms. The molecule has 1 aromatic rings. The van der Waals surface area contributed by atoms with Crippen LogP contribution in [0.2, 0.25) is 0 Å². The molecule has 0 bridgehead atoms. The molecule has 5 nitrogen and oxygen atoms in total. The van der Waals surface area contributed by atoms with Gasteiger partial charge in [0.05, 0.1) is 17.2 Å². The van der Waals surface area contributed by atoms with E-state index >= 15 is 0 Å². The minimum absolute atomic E-state index is 0.0983. The summed E-state index contributed by atoms with van der Waals surface area (Å²) in [6.45, 7) is 1.55. The maximum absolute atomic E-state index is 12.8. The van der Waals surface area contributed by atoms with Gasteiger partial charge < -0.3 is 10.4 Å². The molecule has 0 aliphatic rings. The number of nitrogens with one attached hydrogen (secondary N) is 1. The van der Waals surface area contributed by atoms with Crippen LogP contribution in [0.1, 0.15) is 30.9 Å². The van der Waals surface area contributed by atoms with Gasteiger partial charge in [0.1, 0.15) is 0 Å². The molecular formula is C14H13F3N2O3. The Morgan fingerprint density at radius 2 is 2.00 bits per heavy atom. The molecule has 0 radical (unpaired) electrons. The summed E-state index contributed by atoms with van der Waals surface area (Å²) >= 11 is 0. The van der Waals surface area contributed by atoms with Crippen molar-refractivity contribution in [3.63, 3.8) is 0 Å². The molecular weight excluding hydrogens is 301 g/mol. The van der Waals surface area contributed by atoms with E-state index < -0.39 is 35.1 Å². The molecule has 1 atom stereocenters. The number of carbonyl (C=O) groups is 2. The van der Waals surface area contributed by atoms with Crippen molar-refractivity contribution in [2.75, 3.05) is 5.32 Å². The minimum Gasteiger partial charge on any atom is -0.481 e. The number of benzene rings is 1. The van der Waals surface area contributed by atoms with Gasteiger partial charge in [0, 0.05) is 18.5 Å². The lowest BCUT2D eigenvalue weighted by Crippen LogP contribution is -2.17. The van der Waals surface area contributed by atoms with E-state index in [2.05, 4.69) is 5.32 Å². The highest BCUT2D eigenvalue weighted by Gasteiger charge is 2.34. The van der Waals surface area contributed by atoms with Gasteiger partial charge in [-0.3, -0.25) is 9.59 Å². The molecule has 0 saturated heterocycles. The lowest BCUT2D eigenvalue weighted by Gasteiger charge is -2.13. The molecule has 1 rings (SSSR count). The fourth-order valence-corrected chi connectivity index (χ4v) is 1.85. The van der Waals surface area contributed by atoms with E-state index in [1.807, 2.05) is 0 Å². The molecule has 0 fully saturated rings. The molecule has 0 heterocycles. The average Bonchev–Trinajstić information content (AvgIpc) is 2.36. The average molecular weight is 314 g/mol. The summed E-state index contributed by atoms with van der Waals surface area (Å²) in [5.74, 6) is -2.09. The van der Waals surface area contributed by atoms with Gasteiger partial charge in [0.15, 0.2) is 0 Å². The quantitative estimate of drug-likeness (QED) is 0.874. The van der Waals surface area contributed by atoms with Crippen LogP contribution in [-0.4, -0.2) is 17.0 Å². The second kappa shape index (κ2) is 6.93. The Hall–Kier alpha value is -2.56. The van der Waals surface area contributed by atoms with Crippen LogP contribution in [0.25, 0.3) is 0 Å². The van der Waals surface area contributed by atoms with Gasteiger partial charge in [0.2, 0.25) is 5.91 Å². The second-order valence-electron chi connectivity index (χ2n) is 4.83. The van der Waals surface area contributed by atoms with Crippen molar-refractivity contribution in [2.45, 2.75) is 25.9 Å². The highest BCUT2D eigenvalue weighted by molar-refractivity contribution is 5.91. The fourth-order valence-electron chi connectivity index (χ4n) is 1.85. The van der Waals surface area contributed by atoms with Gasteiger partial charge in [-0.1, -0.05) is 6.92 Å². The van der Waals surface area contributed by atoms with Crippen LogP contribution in [0.4, 0.5) is 18.9 Å². The number of halogens is 3. The number of nitriles is 1. The smallest absolute Gasteiger partial charge is 0.417 e. The van der Waals surface area contributed by atoms with E-state index in [4.69, 9.17) is 10.4 Å². The first-order valence-corrected chi connectivity index (χ1v) is 6.26. The fraction of sp³-hybridized carbons (Fsp3) is 0.357. The van der Waals surface area contributed by atoms with Crippen molar-refractivity contribution in [1.82, 2.24) is 0 Å². The number of anilines is 1. The maximum atomic E-state index is 12.8. The first-order valence-electron chi connectivity index (χ1n) is 6.26. The number of carboxylic acid groups (broad SMARTS) is 1. The largest absolute Gasteiger partial charge is 0.481 e. The van der Waals surface area contributed by atoms with E-state index in [0.29, 0.717) is 6.07 Å². The first kappa shape index (κ1) is 17.5. The highest BCUT2D eigenvalue weighted by Crippen LogP contribution is 2.33. The first-order chi connectivity index (χ1) is 10.1. The Labute approximate surface area is 124 Å². The number of amides is 1. The summed E-state index contributed by atoms with van der Waals surface area (Å²) in [6.07, 6.45) is -5.05. The normalized spacial score (nSPS) is 12.3. The van der Waals surface area contributed by atoms with Crippen molar-refractivity contribution < 1.29 is 27.9 Å². The van der Waals surface area contributed by atoms with Gasteiger partial charge in [-0.15, -0.1) is 0 Å². The molecule has 8 heteroatoms. The van der Waals surface area contributed by atoms with Crippen molar-refractivity contribution in [1.29, 1.82) is 5.26 Å². The summed E-state index contributed by atoms with van der Waals surface area (Å²) in [6, 6.07) is 4.28. The molecule has 0 aromatic heterocycles. The number of hydrogen-bond donors (Lipinski definition) is 2. The molecule has 1 amide bonds. The summed E-state index contributed by atoms with van der Waals surface area (Å²) in [5.41, 5.74) is -1.77. The van der Waals surface area contributed by atoms with E-state index in [9.17, 15) is 22.8 Å². The standard InChI is InChI=1S/C14H13F3N2O3/c1-8(5-13(21)22)4-12(20)19-10-3-2-9(7-18)11(6-10)14(15,16)17/h2-3,6,8H,4-5H2,1H3,(H,19,20)(H,21,22)/t8-/m1/s1. The molecule has 0 aliphatic heterocycles. The van der Waals surface area contributed by atoms with Crippen molar-refractivity contribution in [2.24, 2.45) is 5.92 Å². The number of nitrogens with zero attached hydrogens (tertiary/aromatic N) is 1. The van der Waals surface area contributed by atoms with Crippen LogP contribution in [0, 0.1) is 17.2 Å². The van der Waals surface area contributed by atoms with Crippen LogP contribution < -0.4 is 5.32 Å². The predicted octanol–water partition coefficient (Wildman–Crippen LogP) is 3.02. The van der Waals surface area contributed by atoms with Gasteiger partial charge in [-0.2, -0.15) is 18.4 Å². The van der Waals surface area contributed by atoms with E-state index in [-0.39, 0.29) is 18.5 Å². The molecule has 2 N–H and O–H groups in total. The summed E-state index contributed by atoms with van der Waals surface area (Å²) < 4.78 is 38.3. The SMILES string of the molecule is C[C@@H](CC(=O)O)CC(=O)Nc1ccc(C#N)c(C(F)(F)F)c1. The highest BCUT2D eigenvalue weighted by atomic mass is 19.4. The topological polar surface area (TPSA) is 90.2 Å². The Bertz CT molecular complexity index is 621. The molecule has 0 aliphatic carbocycles. The molecule has 0 saturated carbocycles. The lowest BCUT2D eigenvalue weighted by molar-refractivity contribution is -0.139. The van der Waals surface area contributed by atoms with Gasteiger partial charge in [0.25, 0.3) is 0 Å². The Morgan fingerprint density at radius 3 is 2.50 bits per heavy atom. The number of hydrogen-bond acceptors (Lipinski definition) is 3. The Balaban J connectivity index is 2.85. The van der Waals surface area contributed by atoms with Crippen molar-refractivity contribution in [3.05, 3.63) is 29.3 Å². The van der Waals surface area contributed by atoms with E-state index in [1.54, 1.807) is 6.92 Å². The third-order valence-electron chi connectivity index (χ3n) is 2.79. The molecule has 22 heavy (non-hydrogen) atoms. The molecule has 0 unspecified atom stereocenters. The zero-order valence-electron chi connectivity index (χ0n) is 11.6. The third kappa shape index (κ3) is 5.09. The van der Waals surface area contributed by atoms with Gasteiger partial charge >= 0.3 is 12.1 Å². The zero-order chi connectivity index (χ0) is 16.9. The van der Waals surface area contributed by atoms with Crippen molar-refractivity contribution >= 4 is 17.6 Å². The van der Waals surface area contributed by atoms with Crippen LogP contribution in [0.5, 0.6) is 0 Å². The summed E-state index contributed by atoms with van der Waals surface area (Å²) in [4.78, 5) is 22.2.